The maximum absolute atomic E-state index is 13.2. The smallest absolute Gasteiger partial charge is 0.290 e. The van der Waals surface area contributed by atoms with Crippen LogP contribution in [0.1, 0.15) is 48.1 Å². The Bertz CT molecular complexity index is 1130. The van der Waals surface area contributed by atoms with E-state index in [9.17, 15) is 9.90 Å². The molecule has 0 fully saturated rings. The molecular formula is C27H26ClNO3. The number of ether oxygens (including phenoxy) is 1. The minimum atomic E-state index is -0.409. The number of amides is 1. The van der Waals surface area contributed by atoms with Crippen molar-refractivity contribution in [3.05, 3.63) is 106 Å². The van der Waals surface area contributed by atoms with Gasteiger partial charge in [-0.3, -0.25) is 4.79 Å². The zero-order valence-corrected chi connectivity index (χ0v) is 19.1. The molecule has 3 aromatic rings. The van der Waals surface area contributed by atoms with E-state index in [1.165, 1.54) is 5.56 Å². The van der Waals surface area contributed by atoms with Gasteiger partial charge in [-0.15, -0.1) is 0 Å². The highest BCUT2D eigenvalue weighted by Crippen LogP contribution is 2.44. The van der Waals surface area contributed by atoms with E-state index in [1.807, 2.05) is 60.7 Å². The topological polar surface area (TPSA) is 49.8 Å². The van der Waals surface area contributed by atoms with Crippen LogP contribution in [0.15, 0.2) is 78.6 Å². The minimum absolute atomic E-state index is 0.220. The van der Waals surface area contributed by atoms with Gasteiger partial charge in [0.25, 0.3) is 5.91 Å². The number of methoxy groups -OCH3 is 1. The lowest BCUT2D eigenvalue weighted by molar-refractivity contribution is -0.130. The Labute approximate surface area is 193 Å². The van der Waals surface area contributed by atoms with E-state index in [-0.39, 0.29) is 11.7 Å². The quantitative estimate of drug-likeness (QED) is 0.467. The standard InChI is InChI=1S/C27H26ClNO3/c1-17(2)19-6-8-21(9-7-19)25-24(20-10-14-23(32-3)15-11-20)26(30)27(31)29(25)16-18-4-12-22(28)13-5-18/h4-15,17,25,30H,16H2,1-3H3/t25-/m1/s1. The number of carbonyl (C=O) groups is 1. The zero-order chi connectivity index (χ0) is 22.8. The first-order chi connectivity index (χ1) is 15.4. The van der Waals surface area contributed by atoms with Gasteiger partial charge >= 0.3 is 0 Å². The number of hydrogen-bond acceptors (Lipinski definition) is 3. The Morgan fingerprint density at radius 2 is 1.59 bits per heavy atom. The van der Waals surface area contributed by atoms with Gasteiger partial charge < -0.3 is 14.7 Å². The fraction of sp³-hybridized carbons (Fsp3) is 0.222. The van der Waals surface area contributed by atoms with E-state index in [0.717, 1.165) is 16.7 Å². The van der Waals surface area contributed by atoms with E-state index in [1.54, 1.807) is 12.0 Å². The number of nitrogens with zero attached hydrogens (tertiary/aromatic N) is 1. The fourth-order valence-corrected chi connectivity index (χ4v) is 4.20. The van der Waals surface area contributed by atoms with Crippen LogP contribution >= 0.6 is 11.6 Å². The number of hydrogen-bond donors (Lipinski definition) is 1. The SMILES string of the molecule is COc1ccc(C2=C(O)C(=O)N(Cc3ccc(Cl)cc3)[C@@H]2c2ccc(C(C)C)cc2)cc1. The number of rotatable bonds is 6. The third-order valence-corrected chi connectivity index (χ3v) is 6.14. The van der Waals surface area contributed by atoms with Crippen LogP contribution in [0.3, 0.4) is 0 Å². The van der Waals surface area contributed by atoms with Crippen molar-refractivity contribution >= 4 is 23.1 Å². The molecule has 4 nitrogen and oxygen atoms in total. The Balaban J connectivity index is 1.78. The lowest BCUT2D eigenvalue weighted by Gasteiger charge is -2.28. The van der Waals surface area contributed by atoms with Gasteiger partial charge in [0.1, 0.15) is 5.75 Å². The Morgan fingerprint density at radius 3 is 2.16 bits per heavy atom. The zero-order valence-electron chi connectivity index (χ0n) is 18.4. The molecule has 0 aliphatic carbocycles. The molecule has 1 aliphatic heterocycles. The second-order valence-corrected chi connectivity index (χ2v) is 8.71. The van der Waals surface area contributed by atoms with Crippen molar-refractivity contribution < 1.29 is 14.6 Å². The summed E-state index contributed by atoms with van der Waals surface area (Å²) in [6.45, 7) is 4.65. The first kappa shape index (κ1) is 22.0. The lowest BCUT2D eigenvalue weighted by atomic mass is 9.91. The molecule has 0 radical (unpaired) electrons. The van der Waals surface area contributed by atoms with Gasteiger partial charge in [0.05, 0.1) is 13.2 Å². The van der Waals surface area contributed by atoms with Crippen LogP contribution < -0.4 is 4.74 Å². The van der Waals surface area contributed by atoms with E-state index in [2.05, 4.69) is 26.0 Å². The normalized spacial score (nSPS) is 16.2. The van der Waals surface area contributed by atoms with Crippen molar-refractivity contribution in [2.45, 2.75) is 32.4 Å². The first-order valence-corrected chi connectivity index (χ1v) is 11.0. The van der Waals surface area contributed by atoms with Gasteiger partial charge in [-0.2, -0.15) is 0 Å². The fourth-order valence-electron chi connectivity index (χ4n) is 4.08. The van der Waals surface area contributed by atoms with Gasteiger partial charge in [0.2, 0.25) is 0 Å². The molecule has 1 aliphatic rings. The van der Waals surface area contributed by atoms with Crippen molar-refractivity contribution in [1.82, 2.24) is 4.90 Å². The number of aliphatic hydroxyl groups is 1. The van der Waals surface area contributed by atoms with Gasteiger partial charge in [-0.05, 0) is 52.4 Å². The van der Waals surface area contributed by atoms with Crippen molar-refractivity contribution in [1.29, 1.82) is 0 Å². The predicted octanol–water partition coefficient (Wildman–Crippen LogP) is 6.52. The number of carbonyl (C=O) groups excluding carboxylic acids is 1. The van der Waals surface area contributed by atoms with E-state index < -0.39 is 6.04 Å². The van der Waals surface area contributed by atoms with E-state index in [0.29, 0.717) is 28.8 Å². The van der Waals surface area contributed by atoms with Gasteiger partial charge in [-0.25, -0.2) is 0 Å². The van der Waals surface area contributed by atoms with Gasteiger partial charge in [-0.1, -0.05) is 74.0 Å². The maximum atomic E-state index is 13.2. The largest absolute Gasteiger partial charge is 0.503 e. The van der Waals surface area contributed by atoms with E-state index >= 15 is 0 Å². The molecule has 1 heterocycles. The lowest BCUT2D eigenvalue weighted by Crippen LogP contribution is -2.29. The molecule has 4 rings (SSSR count). The van der Waals surface area contributed by atoms with Crippen molar-refractivity contribution in [3.63, 3.8) is 0 Å². The third kappa shape index (κ3) is 4.23. The van der Waals surface area contributed by atoms with Crippen LogP contribution in [0.4, 0.5) is 0 Å². The summed E-state index contributed by atoms with van der Waals surface area (Å²) in [4.78, 5) is 14.9. The first-order valence-electron chi connectivity index (χ1n) is 10.6. The summed E-state index contributed by atoms with van der Waals surface area (Å²) in [5, 5.41) is 11.6. The molecule has 0 saturated heterocycles. The average Bonchev–Trinajstić information content (AvgIpc) is 3.05. The molecule has 0 aromatic heterocycles. The van der Waals surface area contributed by atoms with Crippen LogP contribution in [0, 0.1) is 0 Å². The van der Waals surface area contributed by atoms with Crippen molar-refractivity contribution in [2.75, 3.05) is 7.11 Å². The molecule has 32 heavy (non-hydrogen) atoms. The molecule has 0 unspecified atom stereocenters. The summed E-state index contributed by atoms with van der Waals surface area (Å²) in [7, 11) is 1.61. The minimum Gasteiger partial charge on any atom is -0.503 e. The summed E-state index contributed by atoms with van der Waals surface area (Å²) in [6.07, 6.45) is 0. The van der Waals surface area contributed by atoms with Crippen LogP contribution in [-0.2, 0) is 11.3 Å². The monoisotopic (exact) mass is 447 g/mol. The van der Waals surface area contributed by atoms with Gasteiger partial charge in [0.15, 0.2) is 5.76 Å². The molecule has 1 atom stereocenters. The van der Waals surface area contributed by atoms with Crippen LogP contribution in [-0.4, -0.2) is 23.0 Å². The average molecular weight is 448 g/mol. The molecule has 0 saturated carbocycles. The second kappa shape index (κ2) is 9.09. The Kier molecular flexibility index (Phi) is 6.24. The number of halogens is 1. The summed E-state index contributed by atoms with van der Waals surface area (Å²) >= 11 is 6.03. The molecule has 1 amide bonds. The number of aliphatic hydroxyl groups excluding tert-OH is 1. The third-order valence-electron chi connectivity index (χ3n) is 5.89. The highest BCUT2D eigenvalue weighted by molar-refractivity contribution is 6.30. The van der Waals surface area contributed by atoms with Crippen molar-refractivity contribution in [2.24, 2.45) is 0 Å². The summed E-state index contributed by atoms with van der Waals surface area (Å²) in [6, 6.07) is 22.7. The predicted molar refractivity (Wildman–Crippen MR) is 128 cm³/mol. The Morgan fingerprint density at radius 1 is 0.969 bits per heavy atom. The van der Waals surface area contributed by atoms with Crippen LogP contribution in [0.5, 0.6) is 5.75 Å². The maximum Gasteiger partial charge on any atom is 0.290 e. The molecule has 0 spiro atoms. The molecular weight excluding hydrogens is 422 g/mol. The molecule has 5 heteroatoms. The number of benzene rings is 3. The molecule has 164 valence electrons. The summed E-state index contributed by atoms with van der Waals surface area (Å²) < 4.78 is 5.27. The Hall–Kier alpha value is -3.24. The molecule has 1 N–H and O–H groups in total. The summed E-state index contributed by atoms with van der Waals surface area (Å²) in [5.41, 5.74) is 4.50. The van der Waals surface area contributed by atoms with E-state index in [4.69, 9.17) is 16.3 Å². The highest BCUT2D eigenvalue weighted by Gasteiger charge is 2.41. The summed E-state index contributed by atoms with van der Waals surface area (Å²) in [5.74, 6) is 0.518. The van der Waals surface area contributed by atoms with Crippen LogP contribution in [0.2, 0.25) is 5.02 Å². The van der Waals surface area contributed by atoms with Crippen molar-refractivity contribution in [3.8, 4) is 5.75 Å². The molecule has 0 bridgehead atoms. The second-order valence-electron chi connectivity index (χ2n) is 8.27. The van der Waals surface area contributed by atoms with Crippen LogP contribution in [0.25, 0.3) is 5.57 Å². The molecule has 3 aromatic carbocycles. The van der Waals surface area contributed by atoms with Gasteiger partial charge in [0, 0.05) is 17.1 Å². The highest BCUT2D eigenvalue weighted by atomic mass is 35.5.